The lowest BCUT2D eigenvalue weighted by atomic mass is 10.3. The molecule has 0 fully saturated rings. The molecule has 0 saturated carbocycles. The van der Waals surface area contributed by atoms with Crippen LogP contribution in [0.1, 0.15) is 11.8 Å². The predicted octanol–water partition coefficient (Wildman–Crippen LogP) is 2.57. The number of carbonyl (C=O) groups is 1. The highest BCUT2D eigenvalue weighted by Gasteiger charge is 2.14. The quantitative estimate of drug-likeness (QED) is 0.567. The highest BCUT2D eigenvalue weighted by molar-refractivity contribution is 7.99. The van der Waals surface area contributed by atoms with Crippen molar-refractivity contribution in [3.63, 3.8) is 0 Å². The largest absolute Gasteiger partial charge is 0.492 e. The van der Waals surface area contributed by atoms with Gasteiger partial charge in [-0.15, -0.1) is 16.4 Å². The molecule has 1 amide bonds. The Morgan fingerprint density at radius 3 is 3.00 bits per heavy atom. The molecule has 0 aliphatic carbocycles. The summed E-state index contributed by atoms with van der Waals surface area (Å²) in [5, 5.41) is 17.3. The van der Waals surface area contributed by atoms with Gasteiger partial charge in [-0.05, 0) is 47.4 Å². The van der Waals surface area contributed by atoms with Crippen LogP contribution >= 0.6 is 23.1 Å². The maximum Gasteiger partial charge on any atom is 0.230 e. The SMILES string of the molecule is CCOc1ccccc1-n1nnnc1SCC(=O)NCCc1cccs1. The standard InChI is InChI=1S/C17H19N5O2S2/c1-2-24-15-8-4-3-7-14(15)22-17(19-20-21-22)26-12-16(23)18-10-9-13-6-5-11-25-13/h3-8,11H,2,9-10,12H2,1H3,(H,18,23). The van der Waals surface area contributed by atoms with Gasteiger partial charge >= 0.3 is 0 Å². The second kappa shape index (κ2) is 9.35. The second-order valence-corrected chi connectivity index (χ2v) is 7.22. The highest BCUT2D eigenvalue weighted by Crippen LogP contribution is 2.25. The van der Waals surface area contributed by atoms with E-state index in [0.29, 0.717) is 24.1 Å². The molecule has 0 unspecified atom stereocenters. The highest BCUT2D eigenvalue weighted by atomic mass is 32.2. The number of carbonyl (C=O) groups excluding carboxylic acids is 1. The van der Waals surface area contributed by atoms with Gasteiger partial charge in [-0.25, -0.2) is 0 Å². The molecule has 0 atom stereocenters. The molecule has 1 N–H and O–H groups in total. The molecule has 0 bridgehead atoms. The van der Waals surface area contributed by atoms with E-state index in [-0.39, 0.29) is 11.7 Å². The Hall–Kier alpha value is -2.39. The first-order valence-corrected chi connectivity index (χ1v) is 10.1. The first kappa shape index (κ1) is 18.4. The molecule has 0 saturated heterocycles. The third-order valence-electron chi connectivity index (χ3n) is 3.44. The number of hydrogen-bond acceptors (Lipinski definition) is 7. The lowest BCUT2D eigenvalue weighted by molar-refractivity contribution is -0.118. The van der Waals surface area contributed by atoms with Crippen LogP contribution in [0.2, 0.25) is 0 Å². The lowest BCUT2D eigenvalue weighted by Crippen LogP contribution is -2.27. The van der Waals surface area contributed by atoms with E-state index in [1.54, 1.807) is 16.0 Å². The lowest BCUT2D eigenvalue weighted by Gasteiger charge is -2.10. The molecule has 1 aromatic carbocycles. The number of tetrazole rings is 1. The molecule has 2 aromatic heterocycles. The topological polar surface area (TPSA) is 81.9 Å². The Morgan fingerprint density at radius 2 is 2.19 bits per heavy atom. The van der Waals surface area contributed by atoms with E-state index in [2.05, 4.69) is 26.9 Å². The van der Waals surface area contributed by atoms with E-state index in [1.165, 1.54) is 16.6 Å². The van der Waals surface area contributed by atoms with Gasteiger partial charge in [0.15, 0.2) is 0 Å². The number of nitrogens with one attached hydrogen (secondary N) is 1. The molecule has 0 radical (unpaired) electrons. The van der Waals surface area contributed by atoms with Crippen molar-refractivity contribution in [3.8, 4) is 11.4 Å². The molecule has 136 valence electrons. The summed E-state index contributed by atoms with van der Waals surface area (Å²) in [6.07, 6.45) is 0.841. The summed E-state index contributed by atoms with van der Waals surface area (Å²) >= 11 is 2.99. The maximum atomic E-state index is 12.1. The molecule has 0 spiro atoms. The van der Waals surface area contributed by atoms with Crippen LogP contribution in [0.15, 0.2) is 46.9 Å². The number of benzene rings is 1. The second-order valence-electron chi connectivity index (χ2n) is 5.24. The van der Waals surface area contributed by atoms with Crippen LogP contribution in [-0.4, -0.2) is 45.0 Å². The Morgan fingerprint density at radius 1 is 1.31 bits per heavy atom. The zero-order valence-corrected chi connectivity index (χ0v) is 15.9. The average Bonchev–Trinajstić information content (AvgIpc) is 3.32. The predicted molar refractivity (Wildman–Crippen MR) is 102 cm³/mol. The number of nitrogens with zero attached hydrogens (tertiary/aromatic N) is 4. The normalized spacial score (nSPS) is 10.7. The van der Waals surface area contributed by atoms with Crippen LogP contribution in [0.4, 0.5) is 0 Å². The zero-order valence-electron chi connectivity index (χ0n) is 14.3. The van der Waals surface area contributed by atoms with E-state index in [0.717, 1.165) is 12.1 Å². The fourth-order valence-electron chi connectivity index (χ4n) is 2.29. The van der Waals surface area contributed by atoms with Crippen molar-refractivity contribution in [3.05, 3.63) is 46.7 Å². The summed E-state index contributed by atoms with van der Waals surface area (Å²) in [4.78, 5) is 13.3. The molecule has 2 heterocycles. The number of thiophene rings is 1. The van der Waals surface area contributed by atoms with Crippen LogP contribution in [0.25, 0.3) is 5.69 Å². The van der Waals surface area contributed by atoms with Gasteiger partial charge in [-0.1, -0.05) is 30.0 Å². The van der Waals surface area contributed by atoms with Crippen molar-refractivity contribution >= 4 is 29.0 Å². The minimum absolute atomic E-state index is 0.0424. The van der Waals surface area contributed by atoms with Gasteiger partial charge in [-0.2, -0.15) is 4.68 Å². The number of hydrogen-bond donors (Lipinski definition) is 1. The molecule has 3 aromatic rings. The Bertz CT molecular complexity index is 835. The first-order valence-electron chi connectivity index (χ1n) is 8.20. The van der Waals surface area contributed by atoms with Crippen LogP contribution in [0.5, 0.6) is 5.75 Å². The molecule has 3 rings (SSSR count). The minimum atomic E-state index is -0.0424. The van der Waals surface area contributed by atoms with Gasteiger partial charge in [0, 0.05) is 11.4 Å². The van der Waals surface area contributed by atoms with E-state index in [1.807, 2.05) is 42.6 Å². The van der Waals surface area contributed by atoms with Crippen molar-refractivity contribution in [2.75, 3.05) is 18.9 Å². The molecule has 7 nitrogen and oxygen atoms in total. The summed E-state index contributed by atoms with van der Waals surface area (Å²) < 4.78 is 7.22. The van der Waals surface area contributed by atoms with Crippen molar-refractivity contribution in [1.29, 1.82) is 0 Å². The average molecular weight is 390 g/mol. The Balaban J connectivity index is 1.56. The molecule has 9 heteroatoms. The number of aromatic nitrogens is 4. The van der Waals surface area contributed by atoms with Crippen molar-refractivity contribution < 1.29 is 9.53 Å². The smallest absolute Gasteiger partial charge is 0.230 e. The molecular formula is C17H19N5O2S2. The number of ether oxygens (including phenoxy) is 1. The Labute approximate surface area is 159 Å². The van der Waals surface area contributed by atoms with E-state index < -0.39 is 0 Å². The minimum Gasteiger partial charge on any atom is -0.492 e. The van der Waals surface area contributed by atoms with Gasteiger partial charge < -0.3 is 10.1 Å². The maximum absolute atomic E-state index is 12.1. The fourth-order valence-corrected chi connectivity index (χ4v) is 3.71. The summed E-state index contributed by atoms with van der Waals surface area (Å²) in [6.45, 7) is 3.10. The third-order valence-corrected chi connectivity index (χ3v) is 5.30. The van der Waals surface area contributed by atoms with Gasteiger partial charge in [0.2, 0.25) is 11.1 Å². The van der Waals surface area contributed by atoms with Gasteiger partial charge in [0.25, 0.3) is 0 Å². The van der Waals surface area contributed by atoms with Crippen molar-refractivity contribution in [2.24, 2.45) is 0 Å². The zero-order chi connectivity index (χ0) is 18.2. The van der Waals surface area contributed by atoms with Gasteiger partial charge in [0.05, 0.1) is 12.4 Å². The monoisotopic (exact) mass is 389 g/mol. The molecule has 26 heavy (non-hydrogen) atoms. The molecular weight excluding hydrogens is 370 g/mol. The Kier molecular flexibility index (Phi) is 6.62. The number of rotatable bonds is 9. The van der Waals surface area contributed by atoms with Gasteiger partial charge in [-0.3, -0.25) is 4.79 Å². The van der Waals surface area contributed by atoms with Gasteiger partial charge in [0.1, 0.15) is 11.4 Å². The van der Waals surface area contributed by atoms with E-state index in [9.17, 15) is 4.79 Å². The summed E-state index contributed by atoms with van der Waals surface area (Å²) in [5.74, 6) is 0.908. The summed E-state index contributed by atoms with van der Waals surface area (Å²) in [5.41, 5.74) is 0.750. The number of amides is 1. The first-order chi connectivity index (χ1) is 12.8. The summed E-state index contributed by atoms with van der Waals surface area (Å²) in [7, 11) is 0. The summed E-state index contributed by atoms with van der Waals surface area (Å²) in [6, 6.07) is 11.6. The van der Waals surface area contributed by atoms with Crippen molar-refractivity contribution in [2.45, 2.75) is 18.5 Å². The van der Waals surface area contributed by atoms with E-state index >= 15 is 0 Å². The van der Waals surface area contributed by atoms with Crippen LogP contribution < -0.4 is 10.1 Å². The third kappa shape index (κ3) is 4.83. The van der Waals surface area contributed by atoms with E-state index in [4.69, 9.17) is 4.74 Å². The molecule has 0 aliphatic heterocycles. The number of para-hydroxylation sites is 2. The van der Waals surface area contributed by atoms with Crippen LogP contribution in [0, 0.1) is 0 Å². The number of thioether (sulfide) groups is 1. The van der Waals surface area contributed by atoms with Crippen LogP contribution in [0.3, 0.4) is 0 Å². The fraction of sp³-hybridized carbons (Fsp3) is 0.294. The van der Waals surface area contributed by atoms with Crippen molar-refractivity contribution in [1.82, 2.24) is 25.5 Å². The van der Waals surface area contributed by atoms with Crippen LogP contribution in [-0.2, 0) is 11.2 Å². The molecule has 0 aliphatic rings.